The predicted octanol–water partition coefficient (Wildman–Crippen LogP) is 4.13. The minimum Gasteiger partial charge on any atom is -0.355 e. The van der Waals surface area contributed by atoms with Crippen LogP contribution in [-0.4, -0.2) is 34.8 Å². The van der Waals surface area contributed by atoms with Gasteiger partial charge in [0.05, 0.1) is 5.75 Å². The first kappa shape index (κ1) is 20.3. The Morgan fingerprint density at radius 1 is 1.11 bits per heavy atom. The first-order valence-corrected chi connectivity index (χ1v) is 10.7. The average molecular weight is 478 g/mol. The summed E-state index contributed by atoms with van der Waals surface area (Å²) in [6.07, 6.45) is 0. The number of carbonyl (C=O) groups excluding carboxylic acids is 2. The van der Waals surface area contributed by atoms with Crippen molar-refractivity contribution in [3.8, 4) is 0 Å². The molecule has 0 unspecified atom stereocenters. The van der Waals surface area contributed by atoms with E-state index in [0.717, 1.165) is 10.2 Å². The lowest BCUT2D eigenvalue weighted by molar-refractivity contribution is -0.113. The molecule has 7 nitrogen and oxygen atoms in total. The summed E-state index contributed by atoms with van der Waals surface area (Å²) in [5.74, 6) is -0.116. The van der Waals surface area contributed by atoms with Crippen molar-refractivity contribution in [1.29, 1.82) is 0 Å². The van der Waals surface area contributed by atoms with Crippen LogP contribution in [0, 0.1) is 0 Å². The van der Waals surface area contributed by atoms with Crippen molar-refractivity contribution in [1.82, 2.24) is 15.5 Å². The number of benzene rings is 2. The molecule has 3 rings (SSSR count). The van der Waals surface area contributed by atoms with Gasteiger partial charge in [-0.2, -0.15) is 0 Å². The van der Waals surface area contributed by atoms with Crippen LogP contribution in [0.5, 0.6) is 0 Å². The highest BCUT2D eigenvalue weighted by molar-refractivity contribution is 9.10. The number of hydrogen-bond donors (Lipinski definition) is 3. The summed E-state index contributed by atoms with van der Waals surface area (Å²) in [5, 5.41) is 17.4. The van der Waals surface area contributed by atoms with Gasteiger partial charge in [0.15, 0.2) is 4.34 Å². The molecule has 2 amide bonds. The third kappa shape index (κ3) is 5.78. The van der Waals surface area contributed by atoms with Gasteiger partial charge < -0.3 is 16.0 Å². The highest BCUT2D eigenvalue weighted by Crippen LogP contribution is 2.28. The van der Waals surface area contributed by atoms with E-state index in [2.05, 4.69) is 42.1 Å². The molecule has 0 atom stereocenters. The molecule has 0 saturated heterocycles. The van der Waals surface area contributed by atoms with Crippen LogP contribution < -0.4 is 16.0 Å². The maximum Gasteiger partial charge on any atom is 0.251 e. The van der Waals surface area contributed by atoms with Gasteiger partial charge in [0.25, 0.3) is 5.91 Å². The molecule has 3 N–H and O–H groups in total. The van der Waals surface area contributed by atoms with Crippen molar-refractivity contribution in [2.45, 2.75) is 4.34 Å². The molecule has 144 valence electrons. The minimum absolute atomic E-state index is 0.158. The van der Waals surface area contributed by atoms with Gasteiger partial charge in [0.2, 0.25) is 11.0 Å². The SMILES string of the molecule is CNC(=O)c1ccc(NC(=O)CSc2nnc(Nc3cccc(Br)c3)s2)cc1. The Kier molecular flexibility index (Phi) is 7.01. The Hall–Kier alpha value is -2.43. The molecule has 28 heavy (non-hydrogen) atoms. The quantitative estimate of drug-likeness (QED) is 0.442. The second-order valence-electron chi connectivity index (χ2n) is 5.50. The van der Waals surface area contributed by atoms with E-state index in [-0.39, 0.29) is 17.6 Å². The fraction of sp³-hybridized carbons (Fsp3) is 0.111. The predicted molar refractivity (Wildman–Crippen MR) is 117 cm³/mol. The molecule has 0 fully saturated rings. The molecule has 1 heterocycles. The van der Waals surface area contributed by atoms with E-state index in [1.165, 1.54) is 23.1 Å². The number of amides is 2. The molecule has 0 aliphatic heterocycles. The summed E-state index contributed by atoms with van der Waals surface area (Å²) >= 11 is 6.12. The highest BCUT2D eigenvalue weighted by atomic mass is 79.9. The standard InChI is InChI=1S/C18H16BrN5O2S2/c1-20-16(26)11-5-7-13(8-6-11)21-15(25)10-27-18-24-23-17(28-18)22-14-4-2-3-12(19)9-14/h2-9H,10H2,1H3,(H,20,26)(H,21,25)(H,22,23). The number of nitrogens with one attached hydrogen (secondary N) is 3. The molecule has 0 radical (unpaired) electrons. The molecular weight excluding hydrogens is 462 g/mol. The maximum atomic E-state index is 12.1. The van der Waals surface area contributed by atoms with E-state index in [0.29, 0.717) is 20.7 Å². The van der Waals surface area contributed by atoms with Crippen molar-refractivity contribution < 1.29 is 9.59 Å². The number of aromatic nitrogens is 2. The van der Waals surface area contributed by atoms with Crippen LogP contribution in [-0.2, 0) is 4.79 Å². The van der Waals surface area contributed by atoms with Crippen LogP contribution in [0.25, 0.3) is 0 Å². The summed E-state index contributed by atoms with van der Waals surface area (Å²) < 4.78 is 1.67. The monoisotopic (exact) mass is 477 g/mol. The van der Waals surface area contributed by atoms with Crippen molar-refractivity contribution in [2.75, 3.05) is 23.4 Å². The molecule has 3 aromatic rings. The highest BCUT2D eigenvalue weighted by Gasteiger charge is 2.10. The Morgan fingerprint density at radius 2 is 1.89 bits per heavy atom. The first-order chi connectivity index (χ1) is 13.5. The number of rotatable bonds is 7. The number of thioether (sulfide) groups is 1. The molecule has 0 spiro atoms. The van der Waals surface area contributed by atoms with Gasteiger partial charge >= 0.3 is 0 Å². The second-order valence-corrected chi connectivity index (χ2v) is 8.62. The fourth-order valence-corrected chi connectivity index (χ4v) is 4.15. The number of hydrogen-bond acceptors (Lipinski definition) is 7. The summed E-state index contributed by atoms with van der Waals surface area (Å²) in [7, 11) is 1.57. The minimum atomic E-state index is -0.169. The van der Waals surface area contributed by atoms with E-state index >= 15 is 0 Å². The number of nitrogens with zero attached hydrogens (tertiary/aromatic N) is 2. The van der Waals surface area contributed by atoms with Crippen LogP contribution in [0.15, 0.2) is 57.3 Å². The van der Waals surface area contributed by atoms with Crippen LogP contribution in [0.2, 0.25) is 0 Å². The van der Waals surface area contributed by atoms with Gasteiger partial charge in [-0.1, -0.05) is 45.1 Å². The maximum absolute atomic E-state index is 12.1. The van der Waals surface area contributed by atoms with Crippen LogP contribution in [0.1, 0.15) is 10.4 Å². The Balaban J connectivity index is 1.49. The first-order valence-electron chi connectivity index (χ1n) is 8.14. The summed E-state index contributed by atoms with van der Waals surface area (Å²) in [6, 6.07) is 14.4. The third-order valence-electron chi connectivity index (χ3n) is 3.47. The second kappa shape index (κ2) is 9.67. The topological polar surface area (TPSA) is 96.0 Å². The van der Waals surface area contributed by atoms with Crippen molar-refractivity contribution >= 4 is 67.3 Å². The molecule has 0 aliphatic rings. The zero-order valence-corrected chi connectivity index (χ0v) is 18.0. The van der Waals surface area contributed by atoms with Crippen molar-refractivity contribution in [3.05, 3.63) is 58.6 Å². The van der Waals surface area contributed by atoms with E-state index < -0.39 is 0 Å². The Morgan fingerprint density at radius 3 is 2.61 bits per heavy atom. The summed E-state index contributed by atoms with van der Waals surface area (Å²) in [4.78, 5) is 23.6. The summed E-state index contributed by atoms with van der Waals surface area (Å²) in [6.45, 7) is 0. The molecule has 0 saturated carbocycles. The molecule has 1 aromatic heterocycles. The van der Waals surface area contributed by atoms with Crippen LogP contribution in [0.3, 0.4) is 0 Å². The van der Waals surface area contributed by atoms with E-state index in [1.54, 1.807) is 31.3 Å². The van der Waals surface area contributed by atoms with E-state index in [4.69, 9.17) is 0 Å². The van der Waals surface area contributed by atoms with Gasteiger partial charge in [-0.05, 0) is 42.5 Å². The van der Waals surface area contributed by atoms with Crippen LogP contribution in [0.4, 0.5) is 16.5 Å². The third-order valence-corrected chi connectivity index (χ3v) is 5.93. The zero-order valence-electron chi connectivity index (χ0n) is 14.7. The average Bonchev–Trinajstić information content (AvgIpc) is 3.14. The van der Waals surface area contributed by atoms with Crippen molar-refractivity contribution in [2.24, 2.45) is 0 Å². The molecule has 10 heteroatoms. The fourth-order valence-electron chi connectivity index (χ4n) is 2.18. The molecular formula is C18H16BrN5O2S2. The number of carbonyl (C=O) groups is 2. The molecule has 0 aliphatic carbocycles. The molecule has 0 bridgehead atoms. The summed E-state index contributed by atoms with van der Waals surface area (Å²) in [5.41, 5.74) is 2.07. The Labute approximate surface area is 178 Å². The Bertz CT molecular complexity index is 978. The normalized spacial score (nSPS) is 10.4. The van der Waals surface area contributed by atoms with Gasteiger partial charge in [-0.3, -0.25) is 9.59 Å². The number of anilines is 3. The lowest BCUT2D eigenvalue weighted by atomic mass is 10.2. The number of halogens is 1. The molecule has 2 aromatic carbocycles. The lowest BCUT2D eigenvalue weighted by Gasteiger charge is -2.05. The van der Waals surface area contributed by atoms with E-state index in [9.17, 15) is 9.59 Å². The van der Waals surface area contributed by atoms with Gasteiger partial charge in [-0.15, -0.1) is 10.2 Å². The van der Waals surface area contributed by atoms with Gasteiger partial charge in [0, 0.05) is 28.5 Å². The van der Waals surface area contributed by atoms with Gasteiger partial charge in [-0.25, -0.2) is 0 Å². The van der Waals surface area contributed by atoms with E-state index in [1.807, 2.05) is 24.3 Å². The van der Waals surface area contributed by atoms with Gasteiger partial charge in [0.1, 0.15) is 0 Å². The smallest absolute Gasteiger partial charge is 0.251 e. The zero-order chi connectivity index (χ0) is 19.9. The van der Waals surface area contributed by atoms with Crippen LogP contribution >= 0.6 is 39.0 Å². The lowest BCUT2D eigenvalue weighted by Crippen LogP contribution is -2.18. The largest absolute Gasteiger partial charge is 0.355 e. The van der Waals surface area contributed by atoms with Crippen molar-refractivity contribution in [3.63, 3.8) is 0 Å².